The van der Waals surface area contributed by atoms with E-state index >= 15 is 0 Å². The fraction of sp³-hybridized carbons (Fsp3) is 0.846. The van der Waals surface area contributed by atoms with Crippen molar-refractivity contribution in [3.63, 3.8) is 0 Å². The van der Waals surface area contributed by atoms with Crippen LogP contribution in [-0.2, 0) is 9.59 Å². The van der Waals surface area contributed by atoms with Gasteiger partial charge < -0.3 is 10.6 Å². The third-order valence-electron chi connectivity index (χ3n) is 2.10. The van der Waals surface area contributed by atoms with Crippen molar-refractivity contribution < 1.29 is 9.59 Å². The van der Waals surface area contributed by atoms with Gasteiger partial charge in [0.15, 0.2) is 0 Å². The highest BCUT2D eigenvalue weighted by atomic mass is 16.1. The van der Waals surface area contributed by atoms with E-state index in [0.717, 1.165) is 6.42 Å². The molecular weight excluding hydrogens is 216 g/mol. The zero-order chi connectivity index (χ0) is 14.1. The van der Waals surface area contributed by atoms with E-state index in [0.29, 0.717) is 13.0 Å². The summed E-state index contributed by atoms with van der Waals surface area (Å²) in [6.07, 6.45) is 1.51. The molecule has 0 fully saturated rings. The van der Waals surface area contributed by atoms with E-state index in [1.54, 1.807) is 0 Å². The quantitative estimate of drug-likeness (QED) is 0.703. The molecular formula is C13H28N2O2. The van der Waals surface area contributed by atoms with Crippen molar-refractivity contribution in [2.24, 2.45) is 5.41 Å². The van der Waals surface area contributed by atoms with Crippen LogP contribution in [0.15, 0.2) is 0 Å². The molecule has 102 valence electrons. The van der Waals surface area contributed by atoms with E-state index in [1.807, 2.05) is 27.7 Å². The molecule has 0 saturated carbocycles. The van der Waals surface area contributed by atoms with Gasteiger partial charge in [0.2, 0.25) is 12.3 Å². The molecule has 2 N–H and O–H groups in total. The van der Waals surface area contributed by atoms with Crippen molar-refractivity contribution in [3.8, 4) is 0 Å². The summed E-state index contributed by atoms with van der Waals surface area (Å²) >= 11 is 0. The smallest absolute Gasteiger partial charge is 0.217 e. The van der Waals surface area contributed by atoms with E-state index in [-0.39, 0.29) is 16.9 Å². The second-order valence-corrected chi connectivity index (χ2v) is 5.40. The van der Waals surface area contributed by atoms with Crippen molar-refractivity contribution in [3.05, 3.63) is 0 Å². The second-order valence-electron chi connectivity index (χ2n) is 5.40. The van der Waals surface area contributed by atoms with Gasteiger partial charge in [-0.15, -0.1) is 0 Å². The average molecular weight is 244 g/mol. The van der Waals surface area contributed by atoms with Gasteiger partial charge in [-0.05, 0) is 25.7 Å². The van der Waals surface area contributed by atoms with Crippen LogP contribution >= 0.6 is 0 Å². The third-order valence-corrected chi connectivity index (χ3v) is 2.10. The number of carbonyl (C=O) groups is 2. The van der Waals surface area contributed by atoms with Crippen LogP contribution < -0.4 is 10.6 Å². The van der Waals surface area contributed by atoms with Gasteiger partial charge in [-0.2, -0.15) is 0 Å². The molecule has 0 rings (SSSR count). The van der Waals surface area contributed by atoms with Gasteiger partial charge in [0.25, 0.3) is 0 Å². The van der Waals surface area contributed by atoms with E-state index in [9.17, 15) is 9.59 Å². The van der Waals surface area contributed by atoms with Gasteiger partial charge in [-0.3, -0.25) is 9.59 Å². The SMILES string of the molecule is CC.CC(=O)NC(C)(C)CC(C)(C)CNC=O. The van der Waals surface area contributed by atoms with Gasteiger partial charge >= 0.3 is 0 Å². The average Bonchev–Trinajstić information content (AvgIpc) is 2.14. The Hall–Kier alpha value is -1.06. The molecule has 17 heavy (non-hydrogen) atoms. The molecule has 0 spiro atoms. The Morgan fingerprint density at radius 2 is 1.65 bits per heavy atom. The number of nitrogens with one attached hydrogen (secondary N) is 2. The molecule has 0 saturated heterocycles. The van der Waals surface area contributed by atoms with Crippen LogP contribution in [0, 0.1) is 5.41 Å². The predicted molar refractivity (Wildman–Crippen MR) is 71.7 cm³/mol. The molecule has 0 unspecified atom stereocenters. The number of hydrogen-bond donors (Lipinski definition) is 2. The fourth-order valence-corrected chi connectivity index (χ4v) is 2.10. The Balaban J connectivity index is 0. The normalized spacial score (nSPS) is 11.0. The second kappa shape index (κ2) is 8.09. The Bertz CT molecular complexity index is 236. The molecule has 0 radical (unpaired) electrons. The number of amides is 2. The highest BCUT2D eigenvalue weighted by Gasteiger charge is 2.29. The first-order valence-corrected chi connectivity index (χ1v) is 6.14. The highest BCUT2D eigenvalue weighted by Crippen LogP contribution is 2.26. The first-order valence-electron chi connectivity index (χ1n) is 6.14. The van der Waals surface area contributed by atoms with Crippen LogP contribution in [0.1, 0.15) is 54.9 Å². The summed E-state index contributed by atoms with van der Waals surface area (Å²) in [5.74, 6) is -0.0286. The minimum Gasteiger partial charge on any atom is -0.358 e. The minimum absolute atomic E-state index is 0.0286. The minimum atomic E-state index is -0.250. The maximum absolute atomic E-state index is 11.0. The van der Waals surface area contributed by atoms with Crippen molar-refractivity contribution in [1.29, 1.82) is 0 Å². The van der Waals surface area contributed by atoms with Crippen molar-refractivity contribution in [2.45, 2.75) is 60.4 Å². The first-order chi connectivity index (χ1) is 7.68. The molecule has 0 aromatic rings. The molecule has 0 aliphatic carbocycles. The van der Waals surface area contributed by atoms with Gasteiger partial charge in [0.1, 0.15) is 0 Å². The Morgan fingerprint density at radius 1 is 1.18 bits per heavy atom. The maximum Gasteiger partial charge on any atom is 0.217 e. The topological polar surface area (TPSA) is 58.2 Å². The molecule has 0 aliphatic heterocycles. The van der Waals surface area contributed by atoms with Gasteiger partial charge in [-0.1, -0.05) is 27.7 Å². The lowest BCUT2D eigenvalue weighted by atomic mass is 9.80. The Kier molecular flexibility index (Phi) is 8.72. The number of hydrogen-bond acceptors (Lipinski definition) is 2. The lowest BCUT2D eigenvalue weighted by Gasteiger charge is -2.35. The summed E-state index contributed by atoms with van der Waals surface area (Å²) in [5, 5.41) is 5.57. The molecule has 0 aromatic carbocycles. The summed E-state index contributed by atoms with van der Waals surface area (Å²) in [7, 11) is 0. The largest absolute Gasteiger partial charge is 0.358 e. The fourth-order valence-electron chi connectivity index (χ4n) is 2.10. The molecule has 0 aliphatic rings. The molecule has 4 heteroatoms. The molecule has 0 heterocycles. The van der Waals surface area contributed by atoms with E-state index in [2.05, 4.69) is 24.5 Å². The summed E-state index contributed by atoms with van der Waals surface area (Å²) < 4.78 is 0. The zero-order valence-electron chi connectivity index (χ0n) is 12.3. The molecule has 2 amide bonds. The molecule has 0 atom stereocenters. The van der Waals surface area contributed by atoms with Gasteiger partial charge in [-0.25, -0.2) is 0 Å². The number of carbonyl (C=O) groups excluding carboxylic acids is 2. The zero-order valence-corrected chi connectivity index (χ0v) is 12.3. The molecule has 4 nitrogen and oxygen atoms in total. The molecule has 0 bridgehead atoms. The van der Waals surface area contributed by atoms with Crippen molar-refractivity contribution >= 4 is 12.3 Å². The van der Waals surface area contributed by atoms with Crippen molar-refractivity contribution in [2.75, 3.05) is 6.54 Å². The van der Waals surface area contributed by atoms with E-state index in [4.69, 9.17) is 0 Å². The molecule has 0 aromatic heterocycles. The van der Waals surface area contributed by atoms with E-state index in [1.165, 1.54) is 6.92 Å². The lowest BCUT2D eigenvalue weighted by molar-refractivity contribution is -0.121. The highest BCUT2D eigenvalue weighted by molar-refractivity contribution is 5.73. The van der Waals surface area contributed by atoms with Crippen LogP contribution in [0.4, 0.5) is 0 Å². The first kappa shape index (κ1) is 18.3. The summed E-state index contributed by atoms with van der Waals surface area (Å²) in [5.41, 5.74) is -0.285. The van der Waals surface area contributed by atoms with Crippen LogP contribution in [0.3, 0.4) is 0 Å². The summed E-state index contributed by atoms with van der Waals surface area (Å²) in [4.78, 5) is 21.2. The van der Waals surface area contributed by atoms with Crippen LogP contribution in [0.25, 0.3) is 0 Å². The summed E-state index contributed by atoms with van der Waals surface area (Å²) in [6, 6.07) is 0. The standard InChI is InChI=1S/C11H22N2O2.C2H6/c1-9(15)13-11(4,5)6-10(2,3)7-12-8-14;1-2/h8H,6-7H2,1-5H3,(H,12,14)(H,13,15);1-2H3. The predicted octanol–water partition coefficient (Wildman–Crippen LogP) is 2.09. The van der Waals surface area contributed by atoms with Gasteiger partial charge in [0, 0.05) is 19.0 Å². The summed E-state index contributed by atoms with van der Waals surface area (Å²) in [6.45, 7) is 14.2. The van der Waals surface area contributed by atoms with E-state index < -0.39 is 0 Å². The number of rotatable bonds is 6. The third kappa shape index (κ3) is 11.2. The van der Waals surface area contributed by atoms with Crippen LogP contribution in [-0.4, -0.2) is 24.4 Å². The monoisotopic (exact) mass is 244 g/mol. The van der Waals surface area contributed by atoms with Crippen LogP contribution in [0.5, 0.6) is 0 Å². The van der Waals surface area contributed by atoms with Crippen molar-refractivity contribution in [1.82, 2.24) is 10.6 Å². The van der Waals surface area contributed by atoms with Gasteiger partial charge in [0.05, 0.1) is 0 Å². The van der Waals surface area contributed by atoms with Crippen LogP contribution in [0.2, 0.25) is 0 Å². The Morgan fingerprint density at radius 3 is 2.00 bits per heavy atom. The maximum atomic E-state index is 11.0. The Labute approximate surface area is 106 Å². The lowest BCUT2D eigenvalue weighted by Crippen LogP contribution is -2.47.